The van der Waals surface area contributed by atoms with E-state index in [2.05, 4.69) is 15.6 Å². The molecule has 35 heavy (non-hydrogen) atoms. The maximum absolute atomic E-state index is 12.9. The van der Waals surface area contributed by atoms with Crippen LogP contribution in [0.4, 0.5) is 0 Å². The van der Waals surface area contributed by atoms with Crippen molar-refractivity contribution in [2.45, 2.75) is 37.4 Å². The van der Waals surface area contributed by atoms with Crippen LogP contribution in [0.1, 0.15) is 18.4 Å². The average Bonchev–Trinajstić information content (AvgIpc) is 3.22. The third-order valence-electron chi connectivity index (χ3n) is 5.14. The first kappa shape index (κ1) is 27.7. The molecule has 1 aromatic heterocycles. The SMILES string of the molecule is CSCCC(N)C(=O)NC(Cc1c[nH]c2ccccc12)C(=O)NCC(=O)NC(CC(=O)O)C(=O)O. The molecule has 1 aromatic carbocycles. The highest BCUT2D eigenvalue weighted by Gasteiger charge is 2.27. The predicted molar refractivity (Wildman–Crippen MR) is 130 cm³/mol. The van der Waals surface area contributed by atoms with Crippen LogP contribution in [-0.4, -0.2) is 81.5 Å². The van der Waals surface area contributed by atoms with Gasteiger partial charge in [0.2, 0.25) is 17.7 Å². The van der Waals surface area contributed by atoms with E-state index < -0.39 is 60.8 Å². The standard InChI is InChI=1S/C22H29N5O7S/c1-35-7-6-14(23)20(31)27-16(8-12-10-24-15-5-3-2-4-13(12)15)21(32)25-11-18(28)26-17(22(33)34)9-19(29)30/h2-5,10,14,16-17,24H,6-9,11,23H2,1H3,(H,25,32)(H,26,28)(H,27,31)(H,29,30)(H,33,34). The Bertz CT molecular complexity index is 1070. The number of rotatable bonds is 14. The monoisotopic (exact) mass is 507 g/mol. The van der Waals surface area contributed by atoms with Gasteiger partial charge < -0.3 is 36.9 Å². The Kier molecular flexibility index (Phi) is 10.5. The van der Waals surface area contributed by atoms with Gasteiger partial charge in [0, 0.05) is 23.5 Å². The molecule has 190 valence electrons. The molecule has 0 aliphatic rings. The Hall–Kier alpha value is -3.58. The summed E-state index contributed by atoms with van der Waals surface area (Å²) in [6.07, 6.45) is 3.31. The number of aromatic amines is 1. The van der Waals surface area contributed by atoms with Crippen molar-refractivity contribution >= 4 is 52.3 Å². The van der Waals surface area contributed by atoms with Crippen LogP contribution < -0.4 is 21.7 Å². The van der Waals surface area contributed by atoms with Gasteiger partial charge in [-0.3, -0.25) is 19.2 Å². The molecule has 2 rings (SSSR count). The Labute approximate surface area is 205 Å². The summed E-state index contributed by atoms with van der Waals surface area (Å²) < 4.78 is 0. The van der Waals surface area contributed by atoms with Gasteiger partial charge >= 0.3 is 11.9 Å². The molecular weight excluding hydrogens is 478 g/mol. The van der Waals surface area contributed by atoms with E-state index in [9.17, 15) is 24.0 Å². The second-order valence-corrected chi connectivity index (χ2v) is 8.77. The number of carboxylic acids is 2. The average molecular weight is 508 g/mol. The number of para-hydroxylation sites is 1. The number of aliphatic carboxylic acids is 2. The first-order valence-corrected chi connectivity index (χ1v) is 12.1. The fraction of sp³-hybridized carbons (Fsp3) is 0.409. The van der Waals surface area contributed by atoms with Crippen molar-refractivity contribution in [2.24, 2.45) is 5.73 Å². The summed E-state index contributed by atoms with van der Waals surface area (Å²) in [5, 5.41) is 25.7. The third kappa shape index (κ3) is 8.61. The van der Waals surface area contributed by atoms with Crippen LogP contribution in [0.15, 0.2) is 30.5 Å². The van der Waals surface area contributed by atoms with Gasteiger partial charge in [-0.2, -0.15) is 11.8 Å². The Morgan fingerprint density at radius 1 is 1.06 bits per heavy atom. The summed E-state index contributed by atoms with van der Waals surface area (Å²) in [7, 11) is 0. The molecule has 0 saturated carbocycles. The van der Waals surface area contributed by atoms with Gasteiger partial charge in [0.15, 0.2) is 0 Å². The molecule has 0 saturated heterocycles. The van der Waals surface area contributed by atoms with Crippen LogP contribution in [0.25, 0.3) is 10.9 Å². The summed E-state index contributed by atoms with van der Waals surface area (Å²) in [5.74, 6) is -4.34. The molecule has 8 N–H and O–H groups in total. The second-order valence-electron chi connectivity index (χ2n) is 7.79. The zero-order chi connectivity index (χ0) is 26.0. The fourth-order valence-corrected chi connectivity index (χ4v) is 3.78. The minimum absolute atomic E-state index is 0.106. The van der Waals surface area contributed by atoms with E-state index in [1.54, 1.807) is 6.20 Å². The molecule has 3 amide bonds. The molecule has 2 aromatic rings. The Balaban J connectivity index is 2.10. The Morgan fingerprint density at radius 3 is 2.43 bits per heavy atom. The maximum Gasteiger partial charge on any atom is 0.326 e. The minimum atomic E-state index is -1.65. The highest BCUT2D eigenvalue weighted by Crippen LogP contribution is 2.19. The molecule has 0 bridgehead atoms. The fourth-order valence-electron chi connectivity index (χ4n) is 3.30. The molecule has 3 unspecified atom stereocenters. The van der Waals surface area contributed by atoms with Gasteiger partial charge in [-0.25, -0.2) is 4.79 Å². The highest BCUT2D eigenvalue weighted by atomic mass is 32.2. The number of nitrogens with two attached hydrogens (primary N) is 1. The molecule has 12 nitrogen and oxygen atoms in total. The topological polar surface area (TPSA) is 204 Å². The number of benzene rings is 1. The van der Waals surface area contributed by atoms with Crippen molar-refractivity contribution in [3.05, 3.63) is 36.0 Å². The molecule has 0 aliphatic heterocycles. The number of hydrogen-bond acceptors (Lipinski definition) is 7. The first-order valence-electron chi connectivity index (χ1n) is 10.7. The van der Waals surface area contributed by atoms with Gasteiger partial charge in [0.1, 0.15) is 12.1 Å². The minimum Gasteiger partial charge on any atom is -0.481 e. The number of H-pyrrole nitrogens is 1. The number of aromatic nitrogens is 1. The normalized spacial score (nSPS) is 13.4. The van der Waals surface area contributed by atoms with Gasteiger partial charge in [-0.15, -0.1) is 0 Å². The molecule has 0 aliphatic carbocycles. The number of carboxylic acid groups (broad SMARTS) is 2. The lowest BCUT2D eigenvalue weighted by atomic mass is 10.0. The van der Waals surface area contributed by atoms with Crippen LogP contribution >= 0.6 is 11.8 Å². The van der Waals surface area contributed by atoms with Gasteiger partial charge in [0.05, 0.1) is 19.0 Å². The van der Waals surface area contributed by atoms with E-state index in [0.29, 0.717) is 12.2 Å². The first-order chi connectivity index (χ1) is 16.6. The molecule has 1 heterocycles. The van der Waals surface area contributed by atoms with E-state index in [1.807, 2.05) is 35.8 Å². The number of fused-ring (bicyclic) bond motifs is 1. The largest absolute Gasteiger partial charge is 0.481 e. The van der Waals surface area contributed by atoms with Gasteiger partial charge in [-0.1, -0.05) is 18.2 Å². The van der Waals surface area contributed by atoms with Crippen LogP contribution in [0.5, 0.6) is 0 Å². The number of carbonyl (C=O) groups is 5. The zero-order valence-electron chi connectivity index (χ0n) is 19.1. The Morgan fingerprint density at radius 2 is 1.77 bits per heavy atom. The van der Waals surface area contributed by atoms with Crippen molar-refractivity contribution in [3.8, 4) is 0 Å². The number of nitrogens with one attached hydrogen (secondary N) is 4. The van der Waals surface area contributed by atoms with Crippen molar-refractivity contribution in [1.29, 1.82) is 0 Å². The zero-order valence-corrected chi connectivity index (χ0v) is 19.9. The lowest BCUT2D eigenvalue weighted by Crippen LogP contribution is -2.54. The lowest BCUT2D eigenvalue weighted by Gasteiger charge is -2.21. The molecule has 3 atom stereocenters. The van der Waals surface area contributed by atoms with Crippen LogP contribution in [0, 0.1) is 0 Å². The summed E-state index contributed by atoms with van der Waals surface area (Å²) in [6.45, 7) is -0.610. The van der Waals surface area contributed by atoms with Crippen LogP contribution in [-0.2, 0) is 30.4 Å². The predicted octanol–water partition coefficient (Wildman–Crippen LogP) is -0.564. The molecule has 0 radical (unpaired) electrons. The highest BCUT2D eigenvalue weighted by molar-refractivity contribution is 7.98. The second kappa shape index (κ2) is 13.3. The van der Waals surface area contributed by atoms with Crippen LogP contribution in [0.3, 0.4) is 0 Å². The molecule has 0 fully saturated rings. The van der Waals surface area contributed by atoms with Crippen molar-refractivity contribution in [3.63, 3.8) is 0 Å². The van der Waals surface area contributed by atoms with Gasteiger partial charge in [0.25, 0.3) is 0 Å². The molecular formula is C22H29N5O7S. The summed E-state index contributed by atoms with van der Waals surface area (Å²) in [4.78, 5) is 62.6. The van der Waals surface area contributed by atoms with E-state index in [1.165, 1.54) is 11.8 Å². The smallest absolute Gasteiger partial charge is 0.326 e. The van der Waals surface area contributed by atoms with E-state index in [-0.39, 0.29) is 6.42 Å². The molecule has 13 heteroatoms. The van der Waals surface area contributed by atoms with E-state index in [4.69, 9.17) is 15.9 Å². The summed E-state index contributed by atoms with van der Waals surface area (Å²) >= 11 is 1.53. The number of hydrogen-bond donors (Lipinski definition) is 7. The summed E-state index contributed by atoms with van der Waals surface area (Å²) in [6, 6.07) is 3.89. The van der Waals surface area contributed by atoms with E-state index in [0.717, 1.165) is 16.5 Å². The van der Waals surface area contributed by atoms with Gasteiger partial charge in [-0.05, 0) is 30.1 Å². The number of carbonyl (C=O) groups excluding carboxylic acids is 3. The quantitative estimate of drug-likeness (QED) is 0.175. The summed E-state index contributed by atoms with van der Waals surface area (Å²) in [5.41, 5.74) is 7.54. The number of amides is 3. The third-order valence-corrected chi connectivity index (χ3v) is 5.78. The van der Waals surface area contributed by atoms with Crippen LogP contribution in [0.2, 0.25) is 0 Å². The van der Waals surface area contributed by atoms with Crippen molar-refractivity contribution in [1.82, 2.24) is 20.9 Å². The maximum atomic E-state index is 12.9. The molecule has 0 spiro atoms. The van der Waals surface area contributed by atoms with Crippen molar-refractivity contribution < 1.29 is 34.2 Å². The number of thioether (sulfide) groups is 1. The lowest BCUT2D eigenvalue weighted by molar-refractivity contribution is -0.147. The van der Waals surface area contributed by atoms with E-state index >= 15 is 0 Å². The van der Waals surface area contributed by atoms with Crippen molar-refractivity contribution in [2.75, 3.05) is 18.6 Å².